The standard InChI is InChI=1S/C54H36N2O/c1-3-13-37(14-4-1)39-25-31-42(32-26-39)55(43-33-27-40(28-34-43)38-15-5-2-6-16-38)44-35-29-41(30-36-44)45-18-11-21-49-48-20-12-19-47-46-17-7-8-22-50(46)56(53(47)48)51-23-9-10-24-52(51)57-54(45)49/h1-36H. The fourth-order valence-electron chi connectivity index (χ4n) is 8.52. The maximum absolute atomic E-state index is 7.05. The van der Waals surface area contributed by atoms with Gasteiger partial charge in [0.05, 0.1) is 16.6 Å². The SMILES string of the molecule is c1ccc(-c2ccc(N(c3ccc(-c4ccccc4)cc3)c3ccc(-c4cccc5c4oc4ccccc4n4c6ccccc6c6cccc5c64)cc3)cc2)cc1. The predicted octanol–water partition coefficient (Wildman–Crippen LogP) is 15.2. The zero-order valence-corrected chi connectivity index (χ0v) is 31.1. The van der Waals surface area contributed by atoms with E-state index in [4.69, 9.17) is 4.42 Å². The molecular weight excluding hydrogens is 693 g/mol. The van der Waals surface area contributed by atoms with Crippen LogP contribution in [0.4, 0.5) is 17.1 Å². The normalized spacial score (nSPS) is 11.5. The highest BCUT2D eigenvalue weighted by atomic mass is 16.3. The minimum absolute atomic E-state index is 0.823. The molecule has 0 aliphatic rings. The van der Waals surface area contributed by atoms with Crippen LogP contribution in [0.15, 0.2) is 223 Å². The Balaban J connectivity index is 1.07. The third-order valence-electron chi connectivity index (χ3n) is 11.2. The van der Waals surface area contributed by atoms with E-state index < -0.39 is 0 Å². The van der Waals surface area contributed by atoms with E-state index in [1.54, 1.807) is 0 Å². The van der Waals surface area contributed by atoms with Crippen molar-refractivity contribution in [2.45, 2.75) is 0 Å². The Labute approximate surface area is 330 Å². The molecule has 0 amide bonds. The van der Waals surface area contributed by atoms with Gasteiger partial charge in [0.25, 0.3) is 0 Å². The number of hydrogen-bond donors (Lipinski definition) is 0. The molecule has 0 saturated heterocycles. The Morgan fingerprint density at radius 1 is 0.316 bits per heavy atom. The first-order valence-electron chi connectivity index (χ1n) is 19.4. The molecule has 3 heteroatoms. The monoisotopic (exact) mass is 728 g/mol. The first-order chi connectivity index (χ1) is 28.3. The van der Waals surface area contributed by atoms with Gasteiger partial charge in [0.1, 0.15) is 5.58 Å². The van der Waals surface area contributed by atoms with E-state index in [1.165, 1.54) is 44.1 Å². The summed E-state index contributed by atoms with van der Waals surface area (Å²) in [4.78, 5) is 2.33. The molecular formula is C54H36N2O. The minimum Gasteiger partial charge on any atom is -0.454 e. The lowest BCUT2D eigenvalue weighted by atomic mass is 9.99. The molecule has 0 aliphatic heterocycles. The molecule has 11 rings (SSSR count). The van der Waals surface area contributed by atoms with Crippen molar-refractivity contribution in [1.82, 2.24) is 4.40 Å². The number of aromatic nitrogens is 1. The summed E-state index contributed by atoms with van der Waals surface area (Å²) in [5.41, 5.74) is 15.2. The zero-order valence-electron chi connectivity index (χ0n) is 31.1. The van der Waals surface area contributed by atoms with Crippen molar-refractivity contribution in [3.8, 4) is 33.4 Å². The second kappa shape index (κ2) is 13.6. The first kappa shape index (κ1) is 32.8. The van der Waals surface area contributed by atoms with Gasteiger partial charge in [0, 0.05) is 44.2 Å². The summed E-state index contributed by atoms with van der Waals surface area (Å²) in [5, 5.41) is 4.68. The van der Waals surface area contributed by atoms with Crippen LogP contribution in [0.5, 0.6) is 0 Å². The molecule has 0 saturated carbocycles. The summed E-state index contributed by atoms with van der Waals surface area (Å²) >= 11 is 0. The van der Waals surface area contributed by atoms with Gasteiger partial charge in [0.15, 0.2) is 5.58 Å². The van der Waals surface area contributed by atoms with Crippen LogP contribution in [-0.2, 0) is 0 Å². The van der Waals surface area contributed by atoms with Gasteiger partial charge in [-0.25, -0.2) is 0 Å². The molecule has 0 fully saturated rings. The fraction of sp³-hybridized carbons (Fsp3) is 0. The molecule has 0 unspecified atom stereocenters. The van der Waals surface area contributed by atoms with Crippen molar-refractivity contribution >= 4 is 66.3 Å². The van der Waals surface area contributed by atoms with Gasteiger partial charge in [0.2, 0.25) is 0 Å². The molecule has 0 aliphatic carbocycles. The molecule has 0 atom stereocenters. The molecule has 3 nitrogen and oxygen atoms in total. The molecule has 2 heterocycles. The molecule has 0 bridgehead atoms. The molecule has 0 spiro atoms. The van der Waals surface area contributed by atoms with Crippen molar-refractivity contribution < 1.29 is 4.42 Å². The summed E-state index contributed by atoms with van der Waals surface area (Å²) in [7, 11) is 0. The van der Waals surface area contributed by atoms with Crippen LogP contribution in [0.25, 0.3) is 82.6 Å². The Bertz CT molecular complexity index is 3170. The van der Waals surface area contributed by atoms with Crippen molar-refractivity contribution in [2.75, 3.05) is 4.90 Å². The van der Waals surface area contributed by atoms with E-state index >= 15 is 0 Å². The molecule has 0 radical (unpaired) electrons. The van der Waals surface area contributed by atoms with E-state index in [2.05, 4.69) is 228 Å². The average Bonchev–Trinajstić information content (AvgIpc) is 3.62. The van der Waals surface area contributed by atoms with E-state index in [0.29, 0.717) is 0 Å². The molecule has 11 aromatic rings. The van der Waals surface area contributed by atoms with E-state index in [9.17, 15) is 0 Å². The Morgan fingerprint density at radius 2 is 0.754 bits per heavy atom. The smallest absolute Gasteiger partial charge is 0.151 e. The lowest BCUT2D eigenvalue weighted by Crippen LogP contribution is -2.09. The summed E-state index contributed by atoms with van der Waals surface area (Å²) < 4.78 is 9.42. The Morgan fingerprint density at radius 3 is 1.37 bits per heavy atom. The fourth-order valence-corrected chi connectivity index (χ4v) is 8.52. The molecule has 0 N–H and O–H groups in total. The number of anilines is 3. The number of rotatable bonds is 6. The molecule has 57 heavy (non-hydrogen) atoms. The van der Waals surface area contributed by atoms with Crippen molar-refractivity contribution in [2.24, 2.45) is 0 Å². The maximum Gasteiger partial charge on any atom is 0.151 e. The van der Waals surface area contributed by atoms with Crippen LogP contribution in [0.3, 0.4) is 0 Å². The van der Waals surface area contributed by atoms with Crippen LogP contribution in [0.1, 0.15) is 0 Å². The Kier molecular flexibility index (Phi) is 7.82. The van der Waals surface area contributed by atoms with Crippen LogP contribution in [0, 0.1) is 0 Å². The highest BCUT2D eigenvalue weighted by Crippen LogP contribution is 2.41. The van der Waals surface area contributed by atoms with Gasteiger partial charge in [-0.05, 0) is 82.4 Å². The molecule has 9 aromatic carbocycles. The minimum atomic E-state index is 0.823. The summed E-state index contributed by atoms with van der Waals surface area (Å²) in [6, 6.07) is 77.9. The van der Waals surface area contributed by atoms with E-state index in [1.807, 2.05) is 0 Å². The average molecular weight is 729 g/mol. The second-order valence-corrected chi connectivity index (χ2v) is 14.5. The lowest BCUT2D eigenvalue weighted by Gasteiger charge is -2.26. The van der Waals surface area contributed by atoms with Gasteiger partial charge in [-0.3, -0.25) is 0 Å². The van der Waals surface area contributed by atoms with E-state index in [0.717, 1.165) is 55.6 Å². The number of nitrogens with zero attached hydrogens (tertiary/aromatic N) is 2. The quantitative estimate of drug-likeness (QED) is 0.170. The summed E-state index contributed by atoms with van der Waals surface area (Å²) in [6.07, 6.45) is 0. The van der Waals surface area contributed by atoms with Crippen LogP contribution < -0.4 is 4.90 Å². The summed E-state index contributed by atoms with van der Waals surface area (Å²) in [5.74, 6) is 0. The predicted molar refractivity (Wildman–Crippen MR) is 239 cm³/mol. The maximum atomic E-state index is 7.05. The highest BCUT2D eigenvalue weighted by molar-refractivity contribution is 6.20. The van der Waals surface area contributed by atoms with Gasteiger partial charge in [-0.2, -0.15) is 0 Å². The molecule has 268 valence electrons. The Hall–Kier alpha value is -7.62. The number of hydrogen-bond acceptors (Lipinski definition) is 2. The second-order valence-electron chi connectivity index (χ2n) is 14.5. The first-order valence-corrected chi connectivity index (χ1v) is 19.4. The van der Waals surface area contributed by atoms with Crippen LogP contribution >= 0.6 is 0 Å². The van der Waals surface area contributed by atoms with Gasteiger partial charge in [-0.15, -0.1) is 0 Å². The number of fused-ring (bicyclic) bond motifs is 7. The number of benzene rings is 9. The van der Waals surface area contributed by atoms with Gasteiger partial charge < -0.3 is 13.7 Å². The topological polar surface area (TPSA) is 20.8 Å². The van der Waals surface area contributed by atoms with Gasteiger partial charge >= 0.3 is 0 Å². The third kappa shape index (κ3) is 5.60. The highest BCUT2D eigenvalue weighted by Gasteiger charge is 2.18. The zero-order chi connectivity index (χ0) is 37.7. The summed E-state index contributed by atoms with van der Waals surface area (Å²) in [6.45, 7) is 0. The van der Waals surface area contributed by atoms with E-state index in [-0.39, 0.29) is 0 Å². The number of para-hydroxylation sites is 5. The van der Waals surface area contributed by atoms with Crippen molar-refractivity contribution in [1.29, 1.82) is 0 Å². The van der Waals surface area contributed by atoms with Crippen molar-refractivity contribution in [3.63, 3.8) is 0 Å². The molecule has 2 aromatic heterocycles. The van der Waals surface area contributed by atoms with Crippen LogP contribution in [-0.4, -0.2) is 4.40 Å². The largest absolute Gasteiger partial charge is 0.454 e. The van der Waals surface area contributed by atoms with Crippen molar-refractivity contribution in [3.05, 3.63) is 218 Å². The third-order valence-corrected chi connectivity index (χ3v) is 11.2. The lowest BCUT2D eigenvalue weighted by molar-refractivity contribution is 0.662. The van der Waals surface area contributed by atoms with Gasteiger partial charge in [-0.1, -0.05) is 164 Å². The van der Waals surface area contributed by atoms with Crippen LogP contribution in [0.2, 0.25) is 0 Å².